The first-order valence-electron chi connectivity index (χ1n) is 5.73. The van der Waals surface area contributed by atoms with E-state index in [9.17, 15) is 9.59 Å². The molecule has 1 aliphatic heterocycles. The summed E-state index contributed by atoms with van der Waals surface area (Å²) >= 11 is 0. The highest BCUT2D eigenvalue weighted by atomic mass is 16.4. The number of hydrogen-bond donors (Lipinski definition) is 2. The van der Waals surface area contributed by atoms with Crippen molar-refractivity contribution < 1.29 is 14.7 Å². The molecule has 1 heterocycles. The van der Waals surface area contributed by atoms with Gasteiger partial charge in [0.2, 0.25) is 0 Å². The molecule has 2 fully saturated rings. The predicted octanol–water partition coefficient (Wildman–Crippen LogP) is -0.0509. The first kappa shape index (κ1) is 12.2. The first-order valence-corrected chi connectivity index (χ1v) is 5.73. The summed E-state index contributed by atoms with van der Waals surface area (Å²) in [5.74, 6) is -0.966. The molecule has 6 heteroatoms. The molecule has 2 rings (SSSR count). The Hall–Kier alpha value is -1.30. The number of nitrogens with zero attached hydrogens (tertiary/aromatic N) is 2. The summed E-state index contributed by atoms with van der Waals surface area (Å²) in [5, 5.41) is 11.6. The van der Waals surface area contributed by atoms with E-state index in [0.717, 1.165) is 12.8 Å². The molecule has 2 amide bonds. The van der Waals surface area contributed by atoms with Crippen molar-refractivity contribution in [3.8, 4) is 0 Å². The molecule has 1 spiro atoms. The van der Waals surface area contributed by atoms with E-state index in [1.807, 2.05) is 14.1 Å². The van der Waals surface area contributed by atoms with E-state index < -0.39 is 5.97 Å². The Morgan fingerprint density at radius 2 is 2.12 bits per heavy atom. The number of nitrogens with one attached hydrogen (secondary N) is 1. The number of aliphatic carboxylic acids is 1. The number of carboxylic acids is 1. The van der Waals surface area contributed by atoms with E-state index in [-0.39, 0.29) is 23.7 Å². The molecule has 2 N–H and O–H groups in total. The van der Waals surface area contributed by atoms with Crippen LogP contribution < -0.4 is 5.32 Å². The van der Waals surface area contributed by atoms with Crippen LogP contribution in [0.4, 0.5) is 4.79 Å². The quantitative estimate of drug-likeness (QED) is 0.726. The van der Waals surface area contributed by atoms with Crippen LogP contribution in [0.1, 0.15) is 19.8 Å². The van der Waals surface area contributed by atoms with Gasteiger partial charge in [-0.3, -0.25) is 4.79 Å². The van der Waals surface area contributed by atoms with Gasteiger partial charge >= 0.3 is 12.0 Å². The summed E-state index contributed by atoms with van der Waals surface area (Å²) in [6.45, 7) is 2.44. The van der Waals surface area contributed by atoms with Crippen LogP contribution in [0.5, 0.6) is 0 Å². The Morgan fingerprint density at radius 1 is 1.53 bits per heavy atom. The molecule has 0 aromatic rings. The van der Waals surface area contributed by atoms with E-state index in [1.165, 1.54) is 4.90 Å². The van der Waals surface area contributed by atoms with E-state index in [2.05, 4.69) is 17.1 Å². The summed E-state index contributed by atoms with van der Waals surface area (Å²) in [5.41, 5.74) is -0.113. The first-order chi connectivity index (χ1) is 7.76. The molecular formula is C11H19N3O3. The zero-order valence-electron chi connectivity index (χ0n) is 10.5. The number of carboxylic acid groups (broad SMARTS) is 1. The maximum Gasteiger partial charge on any atom is 0.323 e. The molecule has 1 aliphatic carbocycles. The van der Waals surface area contributed by atoms with E-state index >= 15 is 0 Å². The largest absolute Gasteiger partial charge is 0.480 e. The lowest BCUT2D eigenvalue weighted by atomic mass is 9.63. The van der Waals surface area contributed by atoms with Gasteiger partial charge in [-0.05, 0) is 33.9 Å². The Labute approximate surface area is 101 Å². The Kier molecular flexibility index (Phi) is 2.57. The minimum Gasteiger partial charge on any atom is -0.480 e. The average molecular weight is 241 g/mol. The Morgan fingerprint density at radius 3 is 2.59 bits per heavy atom. The van der Waals surface area contributed by atoms with Crippen molar-refractivity contribution in [1.29, 1.82) is 0 Å². The molecule has 0 radical (unpaired) electrons. The van der Waals surface area contributed by atoms with Crippen LogP contribution >= 0.6 is 0 Å². The average Bonchev–Trinajstić information content (AvgIpc) is 2.40. The zero-order valence-corrected chi connectivity index (χ0v) is 10.5. The van der Waals surface area contributed by atoms with Gasteiger partial charge in [0.1, 0.15) is 6.54 Å². The minimum atomic E-state index is -0.966. The van der Waals surface area contributed by atoms with Gasteiger partial charge in [-0.2, -0.15) is 0 Å². The monoisotopic (exact) mass is 241 g/mol. The molecule has 0 unspecified atom stereocenters. The zero-order chi connectivity index (χ0) is 12.8. The van der Waals surface area contributed by atoms with Gasteiger partial charge < -0.3 is 20.2 Å². The van der Waals surface area contributed by atoms with Gasteiger partial charge in [0.15, 0.2) is 0 Å². The standard InChI is InChI=1S/C11H19N3O3/c1-10(13(2)3)5-11(6-10)7-14(4-8(15)16)9(17)12-11/h4-7H2,1-3H3,(H,12,17)(H,15,16)/t10-,11+. The van der Waals surface area contributed by atoms with Gasteiger partial charge in [0.05, 0.1) is 5.54 Å². The molecule has 0 aromatic heterocycles. The van der Waals surface area contributed by atoms with E-state index in [0.29, 0.717) is 6.54 Å². The normalized spacial score (nSPS) is 36.2. The van der Waals surface area contributed by atoms with Gasteiger partial charge in [0, 0.05) is 12.1 Å². The summed E-state index contributed by atoms with van der Waals surface area (Å²) in [6.07, 6.45) is 1.74. The van der Waals surface area contributed by atoms with Crippen molar-refractivity contribution in [1.82, 2.24) is 15.1 Å². The topological polar surface area (TPSA) is 72.9 Å². The van der Waals surface area contributed by atoms with Crippen molar-refractivity contribution >= 4 is 12.0 Å². The smallest absolute Gasteiger partial charge is 0.323 e. The second-order valence-electron chi connectivity index (χ2n) is 5.71. The number of amides is 2. The van der Waals surface area contributed by atoms with Crippen LogP contribution in [0, 0.1) is 0 Å². The van der Waals surface area contributed by atoms with Gasteiger partial charge in [-0.25, -0.2) is 4.79 Å². The van der Waals surface area contributed by atoms with E-state index in [4.69, 9.17) is 5.11 Å². The molecule has 17 heavy (non-hydrogen) atoms. The van der Waals surface area contributed by atoms with Crippen molar-refractivity contribution in [2.75, 3.05) is 27.2 Å². The fraction of sp³-hybridized carbons (Fsp3) is 0.818. The molecule has 1 saturated carbocycles. The van der Waals surface area contributed by atoms with Crippen LogP contribution in [-0.4, -0.2) is 65.2 Å². The maximum absolute atomic E-state index is 11.6. The number of carbonyl (C=O) groups is 2. The second kappa shape index (κ2) is 3.60. The number of hydrogen-bond acceptors (Lipinski definition) is 3. The Balaban J connectivity index is 1.99. The molecule has 2 aliphatic rings. The lowest BCUT2D eigenvalue weighted by molar-refractivity contribution is -0.137. The lowest BCUT2D eigenvalue weighted by Crippen LogP contribution is -2.67. The molecule has 1 saturated heterocycles. The molecule has 0 atom stereocenters. The van der Waals surface area contributed by atoms with Crippen molar-refractivity contribution in [2.45, 2.75) is 30.8 Å². The number of carbonyl (C=O) groups excluding carboxylic acids is 1. The van der Waals surface area contributed by atoms with Crippen LogP contribution in [-0.2, 0) is 4.79 Å². The summed E-state index contributed by atoms with van der Waals surface area (Å²) in [6, 6.07) is -0.256. The highest BCUT2D eigenvalue weighted by molar-refractivity contribution is 5.83. The summed E-state index contributed by atoms with van der Waals surface area (Å²) in [7, 11) is 4.05. The molecule has 0 aromatic carbocycles. The second-order valence-corrected chi connectivity index (χ2v) is 5.71. The summed E-state index contributed by atoms with van der Waals surface area (Å²) in [4.78, 5) is 25.8. The van der Waals surface area contributed by atoms with Crippen molar-refractivity contribution in [3.63, 3.8) is 0 Å². The van der Waals surface area contributed by atoms with Crippen LogP contribution in [0.3, 0.4) is 0 Å². The van der Waals surface area contributed by atoms with Crippen LogP contribution in [0.15, 0.2) is 0 Å². The minimum absolute atomic E-state index is 0.104. The van der Waals surface area contributed by atoms with Gasteiger partial charge in [-0.1, -0.05) is 0 Å². The maximum atomic E-state index is 11.6. The van der Waals surface area contributed by atoms with Gasteiger partial charge in [0.25, 0.3) is 0 Å². The fourth-order valence-electron chi connectivity index (χ4n) is 3.00. The molecule has 0 bridgehead atoms. The highest BCUT2D eigenvalue weighted by Crippen LogP contribution is 2.46. The molecule has 6 nitrogen and oxygen atoms in total. The van der Waals surface area contributed by atoms with Crippen LogP contribution in [0.2, 0.25) is 0 Å². The number of rotatable bonds is 3. The fourth-order valence-corrected chi connectivity index (χ4v) is 3.00. The van der Waals surface area contributed by atoms with Crippen molar-refractivity contribution in [2.24, 2.45) is 0 Å². The lowest BCUT2D eigenvalue weighted by Gasteiger charge is -2.55. The van der Waals surface area contributed by atoms with E-state index in [1.54, 1.807) is 0 Å². The van der Waals surface area contributed by atoms with Crippen molar-refractivity contribution in [3.05, 3.63) is 0 Å². The van der Waals surface area contributed by atoms with Crippen LogP contribution in [0.25, 0.3) is 0 Å². The number of urea groups is 1. The molecule has 96 valence electrons. The predicted molar refractivity (Wildman–Crippen MR) is 61.8 cm³/mol. The third-order valence-electron chi connectivity index (χ3n) is 4.00. The highest BCUT2D eigenvalue weighted by Gasteiger charge is 2.58. The Bertz CT molecular complexity index is 361. The van der Waals surface area contributed by atoms with Gasteiger partial charge in [-0.15, -0.1) is 0 Å². The summed E-state index contributed by atoms with van der Waals surface area (Å²) < 4.78 is 0. The third kappa shape index (κ3) is 1.97. The SMILES string of the molecule is CN(C)[C@]1(C)C[C@@]2(CN(CC(=O)O)C(=O)N2)C1. The third-order valence-corrected chi connectivity index (χ3v) is 4.00. The molecular weight excluding hydrogens is 222 g/mol.